The van der Waals surface area contributed by atoms with Gasteiger partial charge in [0.25, 0.3) is 5.56 Å². The van der Waals surface area contributed by atoms with Crippen molar-refractivity contribution in [3.05, 3.63) is 45.8 Å². The highest BCUT2D eigenvalue weighted by Crippen LogP contribution is 2.27. The van der Waals surface area contributed by atoms with E-state index in [0.29, 0.717) is 21.6 Å². The molecule has 0 spiro atoms. The van der Waals surface area contributed by atoms with E-state index in [1.54, 1.807) is 18.2 Å². The summed E-state index contributed by atoms with van der Waals surface area (Å²) in [6.45, 7) is 0. The summed E-state index contributed by atoms with van der Waals surface area (Å²) in [7, 11) is 1.52. The number of aromatic amines is 1. The zero-order valence-electron chi connectivity index (χ0n) is 11.1. The topological polar surface area (TPSA) is 84.1 Å². The molecule has 1 aromatic heterocycles. The highest BCUT2D eigenvalue weighted by atomic mass is 35.5. The monoisotopic (exact) mass is 325 g/mol. The minimum Gasteiger partial charge on any atom is -0.495 e. The zero-order valence-corrected chi connectivity index (χ0v) is 12.6. The fourth-order valence-electron chi connectivity index (χ4n) is 1.50. The van der Waals surface area contributed by atoms with Gasteiger partial charge in [-0.15, -0.1) is 0 Å². The first-order chi connectivity index (χ1) is 10.1. The second-order valence-electron chi connectivity index (χ2n) is 3.93. The van der Waals surface area contributed by atoms with Crippen molar-refractivity contribution in [3.8, 4) is 5.75 Å². The average molecular weight is 326 g/mol. The van der Waals surface area contributed by atoms with Crippen molar-refractivity contribution < 1.29 is 9.53 Å². The number of nitrogens with one attached hydrogen (secondary N) is 2. The lowest BCUT2D eigenvalue weighted by Crippen LogP contribution is -2.15. The van der Waals surface area contributed by atoms with Gasteiger partial charge in [-0.1, -0.05) is 23.4 Å². The van der Waals surface area contributed by atoms with Crippen molar-refractivity contribution >= 4 is 35.0 Å². The summed E-state index contributed by atoms with van der Waals surface area (Å²) in [6, 6.07) is 6.27. The van der Waals surface area contributed by atoms with E-state index in [9.17, 15) is 9.59 Å². The molecule has 1 amide bonds. The Labute approximate surface area is 129 Å². The number of amides is 1. The molecule has 0 unspecified atom stereocenters. The maximum atomic E-state index is 11.8. The van der Waals surface area contributed by atoms with Crippen LogP contribution < -0.4 is 15.6 Å². The Bertz CT molecular complexity index is 705. The number of hydrogen-bond donors (Lipinski definition) is 2. The Balaban J connectivity index is 1.93. The van der Waals surface area contributed by atoms with Crippen LogP contribution in [-0.2, 0) is 4.79 Å². The Morgan fingerprint density at radius 3 is 2.95 bits per heavy atom. The number of nitrogens with zero attached hydrogens (tertiary/aromatic N) is 1. The fourth-order valence-corrected chi connectivity index (χ4v) is 2.41. The third-order valence-corrected chi connectivity index (χ3v) is 3.61. The molecule has 0 radical (unpaired) electrons. The third kappa shape index (κ3) is 4.51. The number of aromatic nitrogens is 2. The normalized spacial score (nSPS) is 10.2. The van der Waals surface area contributed by atoms with Crippen LogP contribution in [0.25, 0.3) is 0 Å². The van der Waals surface area contributed by atoms with Crippen molar-refractivity contribution in [1.29, 1.82) is 0 Å². The van der Waals surface area contributed by atoms with E-state index in [2.05, 4.69) is 15.3 Å². The second kappa shape index (κ2) is 7.14. The lowest BCUT2D eigenvalue weighted by molar-refractivity contribution is -0.113. The van der Waals surface area contributed by atoms with E-state index in [1.807, 2.05) is 0 Å². The van der Waals surface area contributed by atoms with Crippen molar-refractivity contribution in [3.63, 3.8) is 0 Å². The number of carbonyl (C=O) groups excluding carboxylic acids is 1. The van der Waals surface area contributed by atoms with E-state index >= 15 is 0 Å². The quantitative estimate of drug-likeness (QED) is 0.650. The lowest BCUT2D eigenvalue weighted by Gasteiger charge is -2.07. The number of benzene rings is 1. The van der Waals surface area contributed by atoms with Gasteiger partial charge in [-0.05, 0) is 18.2 Å². The highest BCUT2D eigenvalue weighted by molar-refractivity contribution is 7.99. The maximum Gasteiger partial charge on any atom is 0.251 e. The number of rotatable bonds is 5. The van der Waals surface area contributed by atoms with E-state index in [0.717, 1.165) is 11.8 Å². The van der Waals surface area contributed by atoms with Gasteiger partial charge < -0.3 is 15.0 Å². The Hall–Kier alpha value is -1.99. The summed E-state index contributed by atoms with van der Waals surface area (Å²) in [5, 5.41) is 3.51. The first-order valence-corrected chi connectivity index (χ1v) is 7.26. The van der Waals surface area contributed by atoms with Crippen LogP contribution in [-0.4, -0.2) is 28.7 Å². The smallest absolute Gasteiger partial charge is 0.251 e. The summed E-state index contributed by atoms with van der Waals surface area (Å²) in [5.74, 6) is 0.430. The largest absolute Gasteiger partial charge is 0.495 e. The summed E-state index contributed by atoms with van der Waals surface area (Å²) in [4.78, 5) is 29.4. The van der Waals surface area contributed by atoms with Crippen LogP contribution in [0, 0.1) is 0 Å². The van der Waals surface area contributed by atoms with E-state index in [1.165, 1.54) is 19.4 Å². The van der Waals surface area contributed by atoms with Crippen LogP contribution in [0.2, 0.25) is 5.02 Å². The molecule has 1 heterocycles. The first-order valence-electron chi connectivity index (χ1n) is 5.90. The summed E-state index contributed by atoms with van der Waals surface area (Å²) in [5.41, 5.74) is 0.316. The molecule has 0 aliphatic heterocycles. The molecule has 110 valence electrons. The van der Waals surface area contributed by atoms with E-state index in [4.69, 9.17) is 16.3 Å². The van der Waals surface area contributed by atoms with Gasteiger partial charge >= 0.3 is 0 Å². The number of anilines is 1. The van der Waals surface area contributed by atoms with Gasteiger partial charge in [0.15, 0.2) is 5.16 Å². The van der Waals surface area contributed by atoms with Crippen molar-refractivity contribution in [2.75, 3.05) is 18.2 Å². The molecule has 0 aliphatic rings. The average Bonchev–Trinajstić information content (AvgIpc) is 2.45. The van der Waals surface area contributed by atoms with Gasteiger partial charge in [-0.2, -0.15) is 0 Å². The SMILES string of the molecule is COc1ccc(NC(=O)CSc2nccc(=O)[nH]2)cc1Cl. The Kier molecular flexibility index (Phi) is 5.24. The van der Waals surface area contributed by atoms with Gasteiger partial charge in [-0.25, -0.2) is 4.98 Å². The number of methoxy groups -OCH3 is 1. The molecule has 8 heteroatoms. The lowest BCUT2D eigenvalue weighted by atomic mass is 10.3. The Morgan fingerprint density at radius 2 is 2.29 bits per heavy atom. The van der Waals surface area contributed by atoms with Crippen molar-refractivity contribution in [2.24, 2.45) is 0 Å². The van der Waals surface area contributed by atoms with E-state index in [-0.39, 0.29) is 17.2 Å². The summed E-state index contributed by atoms with van der Waals surface area (Å²) < 4.78 is 5.03. The third-order valence-electron chi connectivity index (χ3n) is 2.42. The van der Waals surface area contributed by atoms with Gasteiger partial charge in [0.05, 0.1) is 17.9 Å². The van der Waals surface area contributed by atoms with Crippen LogP contribution in [0.3, 0.4) is 0 Å². The fraction of sp³-hybridized carbons (Fsp3) is 0.154. The highest BCUT2D eigenvalue weighted by Gasteiger charge is 2.07. The number of H-pyrrole nitrogens is 1. The molecule has 2 rings (SSSR count). The molecule has 2 N–H and O–H groups in total. The van der Waals surface area contributed by atoms with Crippen LogP contribution in [0.4, 0.5) is 5.69 Å². The van der Waals surface area contributed by atoms with Crippen molar-refractivity contribution in [1.82, 2.24) is 9.97 Å². The molecule has 2 aromatic rings. The number of carbonyl (C=O) groups is 1. The predicted octanol–water partition coefficient (Wildman–Crippen LogP) is 2.16. The maximum absolute atomic E-state index is 11.8. The molecular weight excluding hydrogens is 314 g/mol. The van der Waals surface area contributed by atoms with Gasteiger partial charge in [0.2, 0.25) is 5.91 Å². The van der Waals surface area contributed by atoms with Gasteiger partial charge in [0.1, 0.15) is 5.75 Å². The van der Waals surface area contributed by atoms with E-state index < -0.39 is 0 Å². The van der Waals surface area contributed by atoms with Gasteiger partial charge in [-0.3, -0.25) is 9.59 Å². The second-order valence-corrected chi connectivity index (χ2v) is 5.30. The molecular formula is C13H12ClN3O3S. The number of thioether (sulfide) groups is 1. The molecule has 0 atom stereocenters. The van der Waals surface area contributed by atoms with Gasteiger partial charge in [0, 0.05) is 18.0 Å². The minimum atomic E-state index is -0.255. The molecule has 6 nitrogen and oxygen atoms in total. The van der Waals surface area contributed by atoms with Crippen LogP contribution in [0.5, 0.6) is 5.75 Å². The Morgan fingerprint density at radius 1 is 1.48 bits per heavy atom. The van der Waals surface area contributed by atoms with Crippen LogP contribution >= 0.6 is 23.4 Å². The summed E-state index contributed by atoms with van der Waals surface area (Å²) in [6.07, 6.45) is 1.39. The molecule has 0 bridgehead atoms. The molecule has 1 aromatic carbocycles. The van der Waals surface area contributed by atoms with Crippen LogP contribution in [0.1, 0.15) is 0 Å². The standard InChI is InChI=1S/C13H12ClN3O3S/c1-20-10-3-2-8(6-9(10)14)16-12(19)7-21-13-15-5-4-11(18)17-13/h2-6H,7H2,1H3,(H,16,19)(H,15,17,18). The predicted molar refractivity (Wildman–Crippen MR) is 82.2 cm³/mol. The molecule has 0 aliphatic carbocycles. The van der Waals surface area contributed by atoms with Crippen molar-refractivity contribution in [2.45, 2.75) is 5.16 Å². The number of ether oxygens (including phenoxy) is 1. The first kappa shape index (κ1) is 15.4. The summed E-state index contributed by atoms with van der Waals surface area (Å²) >= 11 is 7.11. The number of hydrogen-bond acceptors (Lipinski definition) is 5. The van der Waals surface area contributed by atoms with Crippen LogP contribution in [0.15, 0.2) is 40.4 Å². The number of halogens is 1. The minimum absolute atomic E-state index is 0.122. The zero-order chi connectivity index (χ0) is 15.2. The molecule has 0 saturated heterocycles. The molecule has 0 fully saturated rings. The molecule has 21 heavy (non-hydrogen) atoms. The molecule has 0 saturated carbocycles.